The van der Waals surface area contributed by atoms with Crippen LogP contribution in [0.5, 0.6) is 0 Å². The Balaban J connectivity index is 1.75. The van der Waals surface area contributed by atoms with Crippen LogP contribution in [0, 0.1) is 17.8 Å². The molecule has 1 saturated heterocycles. The van der Waals surface area contributed by atoms with Crippen molar-refractivity contribution in [2.24, 2.45) is 23.5 Å². The molecule has 1 aliphatic carbocycles. The van der Waals surface area contributed by atoms with E-state index in [-0.39, 0.29) is 0 Å². The zero-order valence-corrected chi connectivity index (χ0v) is 9.58. The highest BCUT2D eigenvalue weighted by molar-refractivity contribution is 4.87. The topological polar surface area (TPSA) is 29.3 Å². The van der Waals surface area contributed by atoms with Crippen molar-refractivity contribution in [2.45, 2.75) is 39.2 Å². The van der Waals surface area contributed by atoms with Crippen LogP contribution in [-0.4, -0.2) is 30.6 Å². The lowest BCUT2D eigenvalue weighted by molar-refractivity contribution is 0.129. The van der Waals surface area contributed by atoms with Gasteiger partial charge in [-0.15, -0.1) is 0 Å². The summed E-state index contributed by atoms with van der Waals surface area (Å²) in [4.78, 5) is 2.58. The zero-order chi connectivity index (χ0) is 10.1. The lowest BCUT2D eigenvalue weighted by atomic mass is 9.88. The molecule has 2 heteroatoms. The van der Waals surface area contributed by atoms with Crippen molar-refractivity contribution in [3.63, 3.8) is 0 Å². The molecule has 0 bridgehead atoms. The summed E-state index contributed by atoms with van der Waals surface area (Å²) in [5, 5.41) is 0. The molecule has 0 amide bonds. The van der Waals surface area contributed by atoms with Crippen LogP contribution >= 0.6 is 0 Å². The van der Waals surface area contributed by atoms with Gasteiger partial charge in [0.2, 0.25) is 0 Å². The Morgan fingerprint density at radius 2 is 1.93 bits per heavy atom. The van der Waals surface area contributed by atoms with E-state index in [0.717, 1.165) is 24.3 Å². The Morgan fingerprint density at radius 1 is 1.21 bits per heavy atom. The van der Waals surface area contributed by atoms with Crippen molar-refractivity contribution in [2.75, 3.05) is 19.6 Å². The van der Waals surface area contributed by atoms with Gasteiger partial charge in [0, 0.05) is 19.1 Å². The molecule has 2 rings (SSSR count). The molecule has 1 heterocycles. The summed E-state index contributed by atoms with van der Waals surface area (Å²) in [5.41, 5.74) is 6.15. The second-order valence-electron chi connectivity index (χ2n) is 5.50. The van der Waals surface area contributed by atoms with Crippen LogP contribution in [0.1, 0.15) is 33.1 Å². The third-order valence-corrected chi connectivity index (χ3v) is 4.11. The van der Waals surface area contributed by atoms with E-state index in [2.05, 4.69) is 18.7 Å². The van der Waals surface area contributed by atoms with Crippen molar-refractivity contribution in [3.8, 4) is 0 Å². The quantitative estimate of drug-likeness (QED) is 0.744. The smallest absolute Gasteiger partial charge is 0.0196 e. The second-order valence-corrected chi connectivity index (χ2v) is 5.50. The monoisotopic (exact) mass is 196 g/mol. The molecular formula is C12H24N2. The summed E-state index contributed by atoms with van der Waals surface area (Å²) in [6.45, 7) is 8.43. The van der Waals surface area contributed by atoms with Crippen LogP contribution in [0.3, 0.4) is 0 Å². The van der Waals surface area contributed by atoms with E-state index in [1.165, 1.54) is 32.4 Å². The first kappa shape index (κ1) is 10.4. The predicted molar refractivity (Wildman–Crippen MR) is 60.1 cm³/mol. The molecule has 1 saturated carbocycles. The minimum atomic E-state index is 0.454. The first-order chi connectivity index (χ1) is 6.66. The molecule has 0 radical (unpaired) electrons. The van der Waals surface area contributed by atoms with Crippen molar-refractivity contribution in [1.82, 2.24) is 4.90 Å². The van der Waals surface area contributed by atoms with Crippen molar-refractivity contribution in [3.05, 3.63) is 0 Å². The van der Waals surface area contributed by atoms with E-state index >= 15 is 0 Å². The predicted octanol–water partition coefficient (Wildman–Crippen LogP) is 1.70. The minimum absolute atomic E-state index is 0.454. The van der Waals surface area contributed by atoms with Crippen LogP contribution in [0.25, 0.3) is 0 Å². The average molecular weight is 196 g/mol. The Bertz CT molecular complexity index is 189. The molecule has 0 aromatic heterocycles. The van der Waals surface area contributed by atoms with Gasteiger partial charge in [0.25, 0.3) is 0 Å². The van der Waals surface area contributed by atoms with Gasteiger partial charge in [0.1, 0.15) is 0 Å². The van der Waals surface area contributed by atoms with Crippen LogP contribution < -0.4 is 5.73 Å². The van der Waals surface area contributed by atoms with Gasteiger partial charge < -0.3 is 10.6 Å². The molecule has 82 valence electrons. The lowest BCUT2D eigenvalue weighted by Crippen LogP contribution is -2.45. The van der Waals surface area contributed by atoms with E-state index < -0.39 is 0 Å². The molecule has 2 nitrogen and oxygen atoms in total. The molecule has 3 atom stereocenters. The second kappa shape index (κ2) is 4.19. The van der Waals surface area contributed by atoms with Crippen molar-refractivity contribution >= 4 is 0 Å². The van der Waals surface area contributed by atoms with E-state index in [4.69, 9.17) is 5.73 Å². The largest absolute Gasteiger partial charge is 0.326 e. The van der Waals surface area contributed by atoms with Gasteiger partial charge in [0.15, 0.2) is 0 Å². The maximum Gasteiger partial charge on any atom is 0.0196 e. The fraction of sp³-hybridized carbons (Fsp3) is 1.00. The number of nitrogens with zero attached hydrogens (tertiary/aromatic N) is 1. The molecule has 2 aliphatic rings. The van der Waals surface area contributed by atoms with Gasteiger partial charge >= 0.3 is 0 Å². The van der Waals surface area contributed by atoms with Crippen LogP contribution in [-0.2, 0) is 0 Å². The first-order valence-electron chi connectivity index (χ1n) is 6.14. The number of hydrogen-bond acceptors (Lipinski definition) is 2. The van der Waals surface area contributed by atoms with Gasteiger partial charge in [-0.1, -0.05) is 13.8 Å². The summed E-state index contributed by atoms with van der Waals surface area (Å²) < 4.78 is 0. The molecule has 0 spiro atoms. The van der Waals surface area contributed by atoms with Crippen LogP contribution in [0.15, 0.2) is 0 Å². The average Bonchev–Trinajstić information content (AvgIpc) is 2.94. The minimum Gasteiger partial charge on any atom is -0.326 e. The zero-order valence-electron chi connectivity index (χ0n) is 9.58. The molecule has 3 unspecified atom stereocenters. The summed E-state index contributed by atoms with van der Waals surface area (Å²) in [7, 11) is 0. The normalized spacial score (nSPS) is 37.1. The Morgan fingerprint density at radius 3 is 2.50 bits per heavy atom. The third kappa shape index (κ3) is 2.48. The molecule has 2 fully saturated rings. The Hall–Kier alpha value is -0.0800. The van der Waals surface area contributed by atoms with Crippen molar-refractivity contribution in [1.29, 1.82) is 0 Å². The highest BCUT2D eigenvalue weighted by Gasteiger charge is 2.31. The van der Waals surface area contributed by atoms with E-state index in [0.29, 0.717) is 6.04 Å². The van der Waals surface area contributed by atoms with Gasteiger partial charge in [0.05, 0.1) is 0 Å². The van der Waals surface area contributed by atoms with E-state index in [1.807, 2.05) is 0 Å². The molecule has 1 aliphatic heterocycles. The number of nitrogens with two attached hydrogens (primary N) is 1. The van der Waals surface area contributed by atoms with Gasteiger partial charge in [-0.3, -0.25) is 0 Å². The summed E-state index contributed by atoms with van der Waals surface area (Å²) in [5.74, 6) is 2.61. The fourth-order valence-corrected chi connectivity index (χ4v) is 2.49. The maximum atomic E-state index is 6.15. The van der Waals surface area contributed by atoms with Crippen LogP contribution in [0.2, 0.25) is 0 Å². The van der Waals surface area contributed by atoms with Gasteiger partial charge in [-0.25, -0.2) is 0 Å². The summed E-state index contributed by atoms with van der Waals surface area (Å²) >= 11 is 0. The molecule has 0 aromatic rings. The SMILES string of the molecule is CC1CCN(CC(N)C2CC2)CC1C. The van der Waals surface area contributed by atoms with Crippen LogP contribution in [0.4, 0.5) is 0 Å². The summed E-state index contributed by atoms with van der Waals surface area (Å²) in [6, 6.07) is 0.454. The Kier molecular flexibility index (Phi) is 3.13. The molecule has 14 heavy (non-hydrogen) atoms. The number of rotatable bonds is 3. The Labute approximate surface area is 87.8 Å². The number of piperidine rings is 1. The first-order valence-corrected chi connectivity index (χ1v) is 6.14. The number of likely N-dealkylation sites (tertiary alicyclic amines) is 1. The molecule has 0 aromatic carbocycles. The standard InChI is InChI=1S/C12H24N2/c1-9-5-6-14(7-10(9)2)8-12(13)11-3-4-11/h9-12H,3-8,13H2,1-2H3. The lowest BCUT2D eigenvalue weighted by Gasteiger charge is -2.36. The fourth-order valence-electron chi connectivity index (χ4n) is 2.49. The van der Waals surface area contributed by atoms with E-state index in [9.17, 15) is 0 Å². The van der Waals surface area contributed by atoms with E-state index in [1.54, 1.807) is 0 Å². The maximum absolute atomic E-state index is 6.15. The highest BCUT2D eigenvalue weighted by atomic mass is 15.1. The van der Waals surface area contributed by atoms with Gasteiger partial charge in [-0.05, 0) is 43.6 Å². The third-order valence-electron chi connectivity index (χ3n) is 4.11. The van der Waals surface area contributed by atoms with Gasteiger partial charge in [-0.2, -0.15) is 0 Å². The number of hydrogen-bond donors (Lipinski definition) is 1. The highest BCUT2D eigenvalue weighted by Crippen LogP contribution is 2.32. The molecule has 2 N–H and O–H groups in total. The van der Waals surface area contributed by atoms with Crippen molar-refractivity contribution < 1.29 is 0 Å². The summed E-state index contributed by atoms with van der Waals surface area (Å²) in [6.07, 6.45) is 4.11. The molecular weight excluding hydrogens is 172 g/mol.